The second kappa shape index (κ2) is 9.48. The zero-order valence-electron chi connectivity index (χ0n) is 16.7. The van der Waals surface area contributed by atoms with Gasteiger partial charge in [0.05, 0.1) is 13.2 Å². The third-order valence-corrected chi connectivity index (χ3v) is 4.83. The predicted octanol–water partition coefficient (Wildman–Crippen LogP) is 1.85. The Bertz CT molecular complexity index is 754. The van der Waals surface area contributed by atoms with Gasteiger partial charge in [-0.1, -0.05) is 19.1 Å². The molecule has 0 spiro atoms. The first-order chi connectivity index (χ1) is 13.3. The lowest BCUT2D eigenvalue weighted by atomic mass is 9.86. The Balaban J connectivity index is 2.21. The number of hydrogen-bond donors (Lipinski definition) is 1. The average Bonchev–Trinajstić information content (AvgIpc) is 3.02. The Hall–Kier alpha value is -2.70. The van der Waals surface area contributed by atoms with Gasteiger partial charge >= 0.3 is 11.9 Å². The lowest BCUT2D eigenvalue weighted by Gasteiger charge is -2.20. The van der Waals surface area contributed by atoms with Crippen molar-refractivity contribution in [2.75, 3.05) is 13.2 Å². The summed E-state index contributed by atoms with van der Waals surface area (Å²) in [6.07, 6.45) is 1.36. The van der Waals surface area contributed by atoms with Crippen molar-refractivity contribution < 1.29 is 28.7 Å². The minimum absolute atomic E-state index is 0.0158. The summed E-state index contributed by atoms with van der Waals surface area (Å²) >= 11 is 0. The molecule has 0 radical (unpaired) electrons. The van der Waals surface area contributed by atoms with Gasteiger partial charge < -0.3 is 14.8 Å². The maximum absolute atomic E-state index is 13.0. The number of ketones is 1. The summed E-state index contributed by atoms with van der Waals surface area (Å²) in [5.41, 5.74) is 2.49. The summed E-state index contributed by atoms with van der Waals surface area (Å²) in [4.78, 5) is 48.8. The standard InChI is InChI=1S/C21H27NO6/c1-5-27-20(25)18(21(26)28-6-2)12(3)19(24)15-8-7-14-10-17(22-13(4)23)11-16(14)9-15/h7-9,12,17-18H,5-6,10-11H2,1-4H3,(H,22,23). The van der Waals surface area contributed by atoms with Crippen molar-refractivity contribution in [2.45, 2.75) is 46.6 Å². The fourth-order valence-electron chi connectivity index (χ4n) is 3.54. The van der Waals surface area contributed by atoms with Gasteiger partial charge in [-0.2, -0.15) is 0 Å². The number of nitrogens with one attached hydrogen (secondary N) is 1. The van der Waals surface area contributed by atoms with Gasteiger partial charge in [0.15, 0.2) is 11.7 Å². The molecule has 2 atom stereocenters. The smallest absolute Gasteiger partial charge is 0.321 e. The maximum Gasteiger partial charge on any atom is 0.321 e. The Morgan fingerprint density at radius 1 is 1.04 bits per heavy atom. The summed E-state index contributed by atoms with van der Waals surface area (Å²) in [6, 6.07) is 5.35. The second-order valence-corrected chi connectivity index (χ2v) is 6.92. The Morgan fingerprint density at radius 2 is 1.61 bits per heavy atom. The van der Waals surface area contributed by atoms with Gasteiger partial charge in [0, 0.05) is 24.4 Å². The molecule has 7 nitrogen and oxygen atoms in total. The summed E-state index contributed by atoms with van der Waals surface area (Å²) in [5.74, 6) is -4.13. The van der Waals surface area contributed by atoms with Crippen molar-refractivity contribution in [3.8, 4) is 0 Å². The molecule has 1 amide bonds. The number of rotatable bonds is 8. The van der Waals surface area contributed by atoms with E-state index in [4.69, 9.17) is 9.47 Å². The van der Waals surface area contributed by atoms with Gasteiger partial charge in [-0.25, -0.2) is 0 Å². The third-order valence-electron chi connectivity index (χ3n) is 4.83. The van der Waals surface area contributed by atoms with E-state index in [0.717, 1.165) is 11.1 Å². The molecule has 0 heterocycles. The fraction of sp³-hybridized carbons (Fsp3) is 0.524. The van der Waals surface area contributed by atoms with Gasteiger partial charge in [-0.05, 0) is 43.9 Å². The molecular weight excluding hydrogens is 362 g/mol. The van der Waals surface area contributed by atoms with Crippen molar-refractivity contribution in [1.29, 1.82) is 0 Å². The molecular formula is C21H27NO6. The van der Waals surface area contributed by atoms with Crippen LogP contribution >= 0.6 is 0 Å². The van der Waals surface area contributed by atoms with Crippen LogP contribution in [0.5, 0.6) is 0 Å². The molecule has 0 aliphatic heterocycles. The Morgan fingerprint density at radius 3 is 2.14 bits per heavy atom. The first kappa shape index (κ1) is 21.6. The van der Waals surface area contributed by atoms with Crippen LogP contribution < -0.4 is 5.32 Å². The molecule has 1 aromatic rings. The van der Waals surface area contributed by atoms with Crippen LogP contribution in [0, 0.1) is 11.8 Å². The summed E-state index contributed by atoms with van der Waals surface area (Å²) < 4.78 is 9.94. The van der Waals surface area contributed by atoms with Gasteiger partial charge in [-0.15, -0.1) is 0 Å². The lowest BCUT2D eigenvalue weighted by molar-refractivity contribution is -0.163. The number of carbonyl (C=O) groups is 4. The van der Waals surface area contributed by atoms with E-state index in [1.165, 1.54) is 13.8 Å². The minimum atomic E-state index is -1.30. The van der Waals surface area contributed by atoms with Crippen molar-refractivity contribution in [3.05, 3.63) is 34.9 Å². The SMILES string of the molecule is CCOC(=O)C(C(=O)OCC)C(C)C(=O)c1ccc2c(c1)CC(NC(C)=O)C2. The van der Waals surface area contributed by atoms with Crippen LogP contribution in [0.1, 0.15) is 49.2 Å². The molecule has 0 aromatic heterocycles. The van der Waals surface area contributed by atoms with E-state index in [1.54, 1.807) is 26.0 Å². The van der Waals surface area contributed by atoms with Gasteiger partial charge in [0.25, 0.3) is 0 Å². The van der Waals surface area contributed by atoms with Crippen LogP contribution in [0.3, 0.4) is 0 Å². The molecule has 1 aromatic carbocycles. The number of Topliss-reactive ketones (excluding diaryl/α,β-unsaturated/α-hetero) is 1. The normalized spacial score (nSPS) is 16.2. The zero-order valence-corrected chi connectivity index (χ0v) is 16.7. The van der Waals surface area contributed by atoms with Crippen molar-refractivity contribution in [2.24, 2.45) is 11.8 Å². The number of hydrogen-bond acceptors (Lipinski definition) is 6. The number of ether oxygens (including phenoxy) is 2. The molecule has 7 heteroatoms. The van der Waals surface area contributed by atoms with Crippen LogP contribution in [0.4, 0.5) is 0 Å². The van der Waals surface area contributed by atoms with E-state index in [9.17, 15) is 19.2 Å². The average molecular weight is 389 g/mol. The maximum atomic E-state index is 13.0. The third kappa shape index (κ3) is 4.97. The van der Waals surface area contributed by atoms with Crippen LogP contribution in [-0.2, 0) is 36.7 Å². The monoisotopic (exact) mass is 389 g/mol. The van der Waals surface area contributed by atoms with Crippen LogP contribution in [0.25, 0.3) is 0 Å². The van der Waals surface area contributed by atoms with E-state index in [1.807, 2.05) is 6.07 Å². The fourth-order valence-corrected chi connectivity index (χ4v) is 3.54. The highest BCUT2D eigenvalue weighted by Crippen LogP contribution is 2.27. The number of fused-ring (bicyclic) bond motifs is 1. The van der Waals surface area contributed by atoms with Gasteiger partial charge in [0.1, 0.15) is 0 Å². The Kier molecular flexibility index (Phi) is 7.31. The van der Waals surface area contributed by atoms with E-state index < -0.39 is 23.8 Å². The molecule has 1 N–H and O–H groups in total. The number of benzene rings is 1. The predicted molar refractivity (Wildman–Crippen MR) is 102 cm³/mol. The quantitative estimate of drug-likeness (QED) is 0.414. The van der Waals surface area contributed by atoms with E-state index >= 15 is 0 Å². The summed E-state index contributed by atoms with van der Waals surface area (Å²) in [5, 5.41) is 2.89. The summed E-state index contributed by atoms with van der Waals surface area (Å²) in [7, 11) is 0. The van der Waals surface area contributed by atoms with Crippen molar-refractivity contribution in [1.82, 2.24) is 5.32 Å². The largest absolute Gasteiger partial charge is 0.465 e. The molecule has 28 heavy (non-hydrogen) atoms. The Labute approximate surface area is 164 Å². The topological polar surface area (TPSA) is 98.8 Å². The van der Waals surface area contributed by atoms with E-state index in [2.05, 4.69) is 5.32 Å². The number of carbonyl (C=O) groups excluding carboxylic acids is 4. The minimum Gasteiger partial charge on any atom is -0.465 e. The first-order valence-corrected chi connectivity index (χ1v) is 9.54. The number of amides is 1. The van der Waals surface area contributed by atoms with Crippen LogP contribution in [0.2, 0.25) is 0 Å². The molecule has 1 aliphatic rings. The van der Waals surface area contributed by atoms with Gasteiger partial charge in [0.2, 0.25) is 5.91 Å². The van der Waals surface area contributed by atoms with Crippen molar-refractivity contribution >= 4 is 23.6 Å². The molecule has 0 bridgehead atoms. The lowest BCUT2D eigenvalue weighted by Crippen LogP contribution is -2.37. The molecule has 0 saturated heterocycles. The molecule has 0 saturated carbocycles. The van der Waals surface area contributed by atoms with Crippen LogP contribution in [0.15, 0.2) is 18.2 Å². The molecule has 1 aliphatic carbocycles. The zero-order chi connectivity index (χ0) is 20.8. The molecule has 0 fully saturated rings. The molecule has 2 rings (SSSR count). The highest BCUT2D eigenvalue weighted by molar-refractivity contribution is 6.05. The second-order valence-electron chi connectivity index (χ2n) is 6.92. The molecule has 152 valence electrons. The summed E-state index contributed by atoms with van der Waals surface area (Å²) in [6.45, 7) is 6.51. The van der Waals surface area contributed by atoms with Crippen molar-refractivity contribution in [3.63, 3.8) is 0 Å². The highest BCUT2D eigenvalue weighted by Gasteiger charge is 2.39. The number of esters is 2. The molecule has 2 unspecified atom stereocenters. The van der Waals surface area contributed by atoms with E-state index in [-0.39, 0.29) is 30.9 Å². The highest BCUT2D eigenvalue weighted by atomic mass is 16.6. The van der Waals surface area contributed by atoms with E-state index in [0.29, 0.717) is 18.4 Å². The van der Waals surface area contributed by atoms with Gasteiger partial charge in [-0.3, -0.25) is 19.2 Å². The first-order valence-electron chi connectivity index (χ1n) is 9.54. The van der Waals surface area contributed by atoms with Crippen LogP contribution in [-0.4, -0.2) is 42.9 Å².